The highest BCUT2D eigenvalue weighted by atomic mass is 19.1. The van der Waals surface area contributed by atoms with Gasteiger partial charge in [-0.2, -0.15) is 0 Å². The van der Waals surface area contributed by atoms with Crippen LogP contribution in [0.1, 0.15) is 38.7 Å². The Bertz CT molecular complexity index is 419. The normalized spacial score (nSPS) is 23.5. The van der Waals surface area contributed by atoms with Crippen molar-refractivity contribution in [3.8, 4) is 0 Å². The number of hydrogen-bond donors (Lipinski definition) is 1. The maximum atomic E-state index is 13.2. The van der Waals surface area contributed by atoms with Crippen molar-refractivity contribution in [2.75, 3.05) is 6.54 Å². The summed E-state index contributed by atoms with van der Waals surface area (Å²) in [5, 5.41) is 0. The van der Waals surface area contributed by atoms with E-state index in [1.807, 2.05) is 6.07 Å². The molecule has 2 unspecified atom stereocenters. The van der Waals surface area contributed by atoms with E-state index in [1.54, 1.807) is 12.1 Å². The van der Waals surface area contributed by atoms with E-state index in [4.69, 9.17) is 10.5 Å². The number of hydrogen-bond acceptors (Lipinski definition) is 2. The number of halogens is 1. The Morgan fingerprint density at radius 3 is 2.84 bits per heavy atom. The Morgan fingerprint density at radius 1 is 1.47 bits per heavy atom. The summed E-state index contributed by atoms with van der Waals surface area (Å²) in [6.07, 6.45) is 4.31. The molecule has 106 valence electrons. The molecule has 0 aromatic heterocycles. The van der Waals surface area contributed by atoms with Crippen molar-refractivity contribution >= 4 is 0 Å². The molecule has 1 heterocycles. The first-order valence-corrected chi connectivity index (χ1v) is 7.11. The Morgan fingerprint density at radius 2 is 2.26 bits per heavy atom. The maximum Gasteiger partial charge on any atom is 0.123 e. The summed E-state index contributed by atoms with van der Waals surface area (Å²) in [5.74, 6) is 0.187. The van der Waals surface area contributed by atoms with Crippen molar-refractivity contribution in [1.82, 2.24) is 0 Å². The molecule has 1 aromatic carbocycles. The molecule has 1 aromatic rings. The van der Waals surface area contributed by atoms with Gasteiger partial charge >= 0.3 is 0 Å². The van der Waals surface area contributed by atoms with Gasteiger partial charge in [0.15, 0.2) is 0 Å². The Hall–Kier alpha value is -0.930. The molecule has 0 aliphatic carbocycles. The van der Waals surface area contributed by atoms with E-state index in [-0.39, 0.29) is 11.4 Å². The third kappa shape index (κ3) is 4.29. The van der Waals surface area contributed by atoms with Crippen molar-refractivity contribution in [3.63, 3.8) is 0 Å². The second-order valence-electron chi connectivity index (χ2n) is 6.21. The van der Waals surface area contributed by atoms with Crippen molar-refractivity contribution < 1.29 is 9.13 Å². The van der Waals surface area contributed by atoms with Crippen LogP contribution in [0.4, 0.5) is 4.39 Å². The first-order valence-electron chi connectivity index (χ1n) is 7.11. The van der Waals surface area contributed by atoms with Crippen LogP contribution in [0.2, 0.25) is 0 Å². The second kappa shape index (κ2) is 6.02. The minimum atomic E-state index is -0.175. The zero-order valence-corrected chi connectivity index (χ0v) is 11.9. The number of ether oxygens (including phenoxy) is 1. The van der Waals surface area contributed by atoms with Crippen LogP contribution in [0.25, 0.3) is 0 Å². The predicted octanol–water partition coefficient (Wildman–Crippen LogP) is 3.29. The minimum absolute atomic E-state index is 0.00265. The molecule has 19 heavy (non-hydrogen) atoms. The number of rotatable bonds is 5. The summed E-state index contributed by atoms with van der Waals surface area (Å²) in [7, 11) is 0. The predicted molar refractivity (Wildman–Crippen MR) is 75.5 cm³/mol. The topological polar surface area (TPSA) is 35.2 Å². The molecule has 1 saturated heterocycles. The third-order valence-electron chi connectivity index (χ3n) is 3.90. The maximum absolute atomic E-state index is 13.2. The Kier molecular flexibility index (Phi) is 4.58. The smallest absolute Gasteiger partial charge is 0.123 e. The molecule has 0 amide bonds. The van der Waals surface area contributed by atoms with Crippen molar-refractivity contribution in [2.45, 2.75) is 51.2 Å². The highest BCUT2D eigenvalue weighted by Crippen LogP contribution is 2.33. The fraction of sp³-hybridized carbons (Fsp3) is 0.625. The lowest BCUT2D eigenvalue weighted by Gasteiger charge is -2.22. The fourth-order valence-electron chi connectivity index (χ4n) is 2.88. The molecule has 1 fully saturated rings. The molecule has 0 saturated carbocycles. The Labute approximate surface area is 115 Å². The van der Waals surface area contributed by atoms with E-state index in [0.29, 0.717) is 18.6 Å². The van der Waals surface area contributed by atoms with Gasteiger partial charge in [0.25, 0.3) is 0 Å². The fourth-order valence-corrected chi connectivity index (χ4v) is 2.88. The van der Waals surface area contributed by atoms with Crippen LogP contribution in [0.5, 0.6) is 0 Å². The van der Waals surface area contributed by atoms with E-state index in [1.165, 1.54) is 6.07 Å². The zero-order valence-electron chi connectivity index (χ0n) is 11.9. The van der Waals surface area contributed by atoms with Crippen LogP contribution in [-0.2, 0) is 11.2 Å². The van der Waals surface area contributed by atoms with Gasteiger partial charge in [-0.15, -0.1) is 0 Å². The number of benzene rings is 1. The van der Waals surface area contributed by atoms with E-state index >= 15 is 0 Å². The van der Waals surface area contributed by atoms with Gasteiger partial charge in [0.05, 0.1) is 11.7 Å². The molecule has 0 radical (unpaired) electrons. The first kappa shape index (κ1) is 14.5. The van der Waals surface area contributed by atoms with Gasteiger partial charge < -0.3 is 10.5 Å². The molecular weight excluding hydrogens is 241 g/mol. The van der Waals surface area contributed by atoms with Crippen molar-refractivity contribution in [2.24, 2.45) is 11.7 Å². The first-order chi connectivity index (χ1) is 8.98. The molecule has 2 nitrogen and oxygen atoms in total. The van der Waals surface area contributed by atoms with E-state index in [9.17, 15) is 4.39 Å². The van der Waals surface area contributed by atoms with Gasteiger partial charge in [0, 0.05) is 0 Å². The quantitative estimate of drug-likeness (QED) is 0.886. The van der Waals surface area contributed by atoms with Crippen LogP contribution in [0, 0.1) is 11.7 Å². The SMILES string of the molecule is CC1(C)CCC(CC(CN)Cc2cccc(F)c2)O1. The summed E-state index contributed by atoms with van der Waals surface area (Å²) < 4.78 is 19.2. The molecular formula is C16H24FNO. The molecule has 1 aliphatic heterocycles. The van der Waals surface area contributed by atoms with E-state index in [2.05, 4.69) is 13.8 Å². The van der Waals surface area contributed by atoms with Gasteiger partial charge in [-0.3, -0.25) is 0 Å². The largest absolute Gasteiger partial charge is 0.372 e. The minimum Gasteiger partial charge on any atom is -0.372 e. The van der Waals surface area contributed by atoms with Gasteiger partial charge in [0.1, 0.15) is 5.82 Å². The molecule has 3 heteroatoms. The van der Waals surface area contributed by atoms with E-state index < -0.39 is 0 Å². The average Bonchev–Trinajstić information content (AvgIpc) is 2.68. The Balaban J connectivity index is 1.90. The van der Waals surface area contributed by atoms with Crippen LogP contribution < -0.4 is 5.73 Å². The van der Waals surface area contributed by atoms with Crippen LogP contribution in [0.3, 0.4) is 0 Å². The van der Waals surface area contributed by atoms with E-state index in [0.717, 1.165) is 31.2 Å². The summed E-state index contributed by atoms with van der Waals surface area (Å²) in [6.45, 7) is 4.89. The van der Waals surface area contributed by atoms with Crippen molar-refractivity contribution in [1.29, 1.82) is 0 Å². The van der Waals surface area contributed by atoms with Gasteiger partial charge in [-0.1, -0.05) is 12.1 Å². The third-order valence-corrected chi connectivity index (χ3v) is 3.90. The van der Waals surface area contributed by atoms with Gasteiger partial charge in [-0.05, 0) is 69.7 Å². The van der Waals surface area contributed by atoms with Crippen LogP contribution in [-0.4, -0.2) is 18.2 Å². The molecule has 2 N–H and O–H groups in total. The number of nitrogens with two attached hydrogens (primary N) is 1. The summed E-state index contributed by atoms with van der Waals surface area (Å²) >= 11 is 0. The molecule has 0 spiro atoms. The highest BCUT2D eigenvalue weighted by Gasteiger charge is 2.32. The van der Waals surface area contributed by atoms with Crippen LogP contribution in [0.15, 0.2) is 24.3 Å². The molecule has 1 aliphatic rings. The summed E-state index contributed by atoms with van der Waals surface area (Å²) in [6, 6.07) is 6.80. The van der Waals surface area contributed by atoms with Gasteiger partial charge in [0.2, 0.25) is 0 Å². The second-order valence-corrected chi connectivity index (χ2v) is 6.21. The van der Waals surface area contributed by atoms with Crippen LogP contribution >= 0.6 is 0 Å². The molecule has 2 atom stereocenters. The highest BCUT2D eigenvalue weighted by molar-refractivity contribution is 5.17. The molecule has 2 rings (SSSR count). The molecule has 0 bridgehead atoms. The van der Waals surface area contributed by atoms with Gasteiger partial charge in [-0.25, -0.2) is 4.39 Å². The lowest BCUT2D eigenvalue weighted by atomic mass is 9.92. The summed E-state index contributed by atoms with van der Waals surface area (Å²) in [5.41, 5.74) is 6.88. The average molecular weight is 265 g/mol. The lowest BCUT2D eigenvalue weighted by Crippen LogP contribution is -2.25. The monoisotopic (exact) mass is 265 g/mol. The lowest BCUT2D eigenvalue weighted by molar-refractivity contribution is -0.0240. The van der Waals surface area contributed by atoms with Crippen molar-refractivity contribution in [3.05, 3.63) is 35.6 Å². The standard InChI is InChI=1S/C16H24FNO/c1-16(2)7-6-15(19-16)10-13(11-18)8-12-4-3-5-14(17)9-12/h3-5,9,13,15H,6-8,10-11,18H2,1-2H3. The zero-order chi connectivity index (χ0) is 13.9. The summed E-state index contributed by atoms with van der Waals surface area (Å²) in [4.78, 5) is 0.